The van der Waals surface area contributed by atoms with Crippen LogP contribution in [0.3, 0.4) is 0 Å². The van der Waals surface area contributed by atoms with Gasteiger partial charge < -0.3 is 10.5 Å². The molecule has 1 unspecified atom stereocenters. The van der Waals surface area contributed by atoms with E-state index in [-0.39, 0.29) is 6.10 Å². The Morgan fingerprint density at radius 2 is 2.07 bits per heavy atom. The van der Waals surface area contributed by atoms with Crippen LogP contribution >= 0.6 is 22.9 Å². The lowest BCUT2D eigenvalue weighted by Gasteiger charge is -2.16. The molecule has 0 fully saturated rings. The molecule has 2 N–H and O–H groups in total. The summed E-state index contributed by atoms with van der Waals surface area (Å²) in [5.41, 5.74) is 9.28. The highest BCUT2D eigenvalue weighted by Gasteiger charge is 2.21. The second kappa shape index (κ2) is 7.30. The molecule has 0 aliphatic rings. The Morgan fingerprint density at radius 3 is 2.82 bits per heavy atom. The molecule has 1 atom stereocenters. The van der Waals surface area contributed by atoms with Crippen molar-refractivity contribution in [1.29, 1.82) is 0 Å². The van der Waals surface area contributed by atoms with Crippen molar-refractivity contribution in [3.8, 4) is 16.3 Å². The molecule has 142 valence electrons. The van der Waals surface area contributed by atoms with Crippen LogP contribution in [0.15, 0.2) is 54.9 Å². The fourth-order valence-corrected chi connectivity index (χ4v) is 4.39. The van der Waals surface area contributed by atoms with Gasteiger partial charge in [0, 0.05) is 22.8 Å². The van der Waals surface area contributed by atoms with E-state index in [9.17, 15) is 4.79 Å². The number of carbonyl (C=O) groups is 1. The number of hydrogen-bond acceptors (Lipinski definition) is 4. The number of carbonyl (C=O) groups excluding carboxylic acids is 1. The number of imidazole rings is 1. The van der Waals surface area contributed by atoms with Gasteiger partial charge in [0.2, 0.25) is 0 Å². The molecule has 0 bridgehead atoms. The molecule has 1 amide bonds. The van der Waals surface area contributed by atoms with Crippen molar-refractivity contribution in [2.45, 2.75) is 20.0 Å². The fourth-order valence-electron chi connectivity index (χ4n) is 3.15. The molecule has 0 aliphatic carbocycles. The van der Waals surface area contributed by atoms with Gasteiger partial charge in [-0.05, 0) is 31.5 Å². The van der Waals surface area contributed by atoms with Crippen LogP contribution < -0.4 is 10.5 Å². The van der Waals surface area contributed by atoms with Gasteiger partial charge in [0.15, 0.2) is 0 Å². The van der Waals surface area contributed by atoms with E-state index in [0.717, 1.165) is 27.3 Å². The Hall–Kier alpha value is -2.83. The maximum atomic E-state index is 12.0. The average molecular weight is 412 g/mol. The highest BCUT2D eigenvalue weighted by atomic mass is 35.5. The van der Waals surface area contributed by atoms with Crippen LogP contribution in [0.4, 0.5) is 0 Å². The van der Waals surface area contributed by atoms with Crippen molar-refractivity contribution in [1.82, 2.24) is 9.38 Å². The van der Waals surface area contributed by atoms with E-state index in [4.69, 9.17) is 22.1 Å². The van der Waals surface area contributed by atoms with Gasteiger partial charge in [0.05, 0.1) is 16.8 Å². The number of amides is 1. The second-order valence-corrected chi connectivity index (χ2v) is 7.94. The number of ether oxygens (including phenoxy) is 1. The number of hydrogen-bond donors (Lipinski definition) is 1. The molecule has 0 spiro atoms. The number of aryl methyl sites for hydroxylation is 1. The number of nitrogens with two attached hydrogens (primary N) is 1. The molecule has 3 aromatic heterocycles. The SMILES string of the molecule is Cc1cccn2c(-c3cc(OC(C)c4ccccc4Cl)c(C(N)=O)s3)cnc12. The lowest BCUT2D eigenvalue weighted by Crippen LogP contribution is -2.12. The minimum Gasteiger partial charge on any atom is -0.484 e. The summed E-state index contributed by atoms with van der Waals surface area (Å²) in [6.45, 7) is 3.90. The van der Waals surface area contributed by atoms with E-state index >= 15 is 0 Å². The topological polar surface area (TPSA) is 69.6 Å². The first-order valence-corrected chi connectivity index (χ1v) is 9.93. The molecule has 7 heteroatoms. The number of aromatic nitrogens is 2. The second-order valence-electron chi connectivity index (χ2n) is 6.48. The van der Waals surface area contributed by atoms with E-state index < -0.39 is 5.91 Å². The Bertz CT molecular complexity index is 1180. The zero-order valence-electron chi connectivity index (χ0n) is 15.3. The fraction of sp³-hybridized carbons (Fsp3) is 0.143. The van der Waals surface area contributed by atoms with Crippen LogP contribution in [-0.2, 0) is 0 Å². The van der Waals surface area contributed by atoms with Gasteiger partial charge in [0.1, 0.15) is 22.4 Å². The van der Waals surface area contributed by atoms with Crippen LogP contribution in [0.5, 0.6) is 5.75 Å². The number of thiophene rings is 1. The highest BCUT2D eigenvalue weighted by Crippen LogP contribution is 2.39. The maximum absolute atomic E-state index is 12.0. The van der Waals surface area contributed by atoms with E-state index in [1.54, 1.807) is 6.20 Å². The number of pyridine rings is 1. The van der Waals surface area contributed by atoms with Gasteiger partial charge in [-0.1, -0.05) is 35.9 Å². The molecule has 5 nitrogen and oxygen atoms in total. The van der Waals surface area contributed by atoms with E-state index in [2.05, 4.69) is 4.98 Å². The zero-order chi connectivity index (χ0) is 19.8. The molecule has 1 aromatic carbocycles. The number of fused-ring (bicyclic) bond motifs is 1. The third-order valence-corrected chi connectivity index (χ3v) is 6.05. The van der Waals surface area contributed by atoms with Gasteiger partial charge in [-0.25, -0.2) is 4.98 Å². The van der Waals surface area contributed by atoms with Gasteiger partial charge in [-0.2, -0.15) is 0 Å². The summed E-state index contributed by atoms with van der Waals surface area (Å²) < 4.78 is 8.08. The standard InChI is InChI=1S/C21H18ClN3O2S/c1-12-6-5-9-25-16(11-24-21(12)25)18-10-17(19(28-18)20(23)26)27-13(2)14-7-3-4-8-15(14)22/h3-11,13H,1-2H3,(H2,23,26). The summed E-state index contributed by atoms with van der Waals surface area (Å²) >= 11 is 7.57. The van der Waals surface area contributed by atoms with Crippen LogP contribution in [-0.4, -0.2) is 15.3 Å². The third-order valence-electron chi connectivity index (χ3n) is 4.55. The number of primary amides is 1. The first-order chi connectivity index (χ1) is 13.5. The summed E-state index contributed by atoms with van der Waals surface area (Å²) in [4.78, 5) is 17.7. The van der Waals surface area contributed by atoms with Gasteiger partial charge >= 0.3 is 0 Å². The molecule has 0 aliphatic heterocycles. The minimum absolute atomic E-state index is 0.335. The highest BCUT2D eigenvalue weighted by molar-refractivity contribution is 7.17. The van der Waals surface area contributed by atoms with E-state index in [1.807, 2.05) is 66.9 Å². The lowest BCUT2D eigenvalue weighted by molar-refractivity contribution is 0.0998. The van der Waals surface area contributed by atoms with Gasteiger partial charge in [-0.3, -0.25) is 9.20 Å². The van der Waals surface area contributed by atoms with Crippen LogP contribution in [0.1, 0.15) is 33.8 Å². The van der Waals surface area contributed by atoms with Crippen LogP contribution in [0, 0.1) is 6.92 Å². The molecule has 0 radical (unpaired) electrons. The van der Waals surface area contributed by atoms with Crippen LogP contribution in [0.25, 0.3) is 16.2 Å². The predicted molar refractivity (Wildman–Crippen MR) is 112 cm³/mol. The number of halogens is 1. The number of rotatable bonds is 5. The molecule has 3 heterocycles. The van der Waals surface area contributed by atoms with E-state index in [0.29, 0.717) is 15.6 Å². The Morgan fingerprint density at radius 1 is 1.29 bits per heavy atom. The first-order valence-electron chi connectivity index (χ1n) is 8.73. The molecule has 0 saturated heterocycles. The zero-order valence-corrected chi connectivity index (χ0v) is 16.9. The van der Waals surface area contributed by atoms with Gasteiger partial charge in [-0.15, -0.1) is 11.3 Å². The monoisotopic (exact) mass is 411 g/mol. The average Bonchev–Trinajstić information content (AvgIpc) is 3.27. The quantitative estimate of drug-likeness (QED) is 0.486. The number of benzene rings is 1. The Kier molecular flexibility index (Phi) is 4.83. The normalized spacial score (nSPS) is 12.2. The van der Waals surface area contributed by atoms with Crippen LogP contribution in [0.2, 0.25) is 5.02 Å². The molecule has 4 aromatic rings. The summed E-state index contributed by atoms with van der Waals surface area (Å²) in [7, 11) is 0. The minimum atomic E-state index is -0.525. The first kappa shape index (κ1) is 18.5. The van der Waals surface area contributed by atoms with Crippen molar-refractivity contribution < 1.29 is 9.53 Å². The maximum Gasteiger partial charge on any atom is 0.262 e. The summed E-state index contributed by atoms with van der Waals surface area (Å²) in [5, 5.41) is 0.614. The summed E-state index contributed by atoms with van der Waals surface area (Å²) in [6, 6.07) is 13.3. The molecular formula is C21H18ClN3O2S. The summed E-state index contributed by atoms with van der Waals surface area (Å²) in [5.74, 6) is -0.0786. The largest absolute Gasteiger partial charge is 0.484 e. The molecule has 4 rings (SSSR count). The Balaban J connectivity index is 1.75. The van der Waals surface area contributed by atoms with Crippen molar-refractivity contribution in [2.24, 2.45) is 5.73 Å². The molecular weight excluding hydrogens is 394 g/mol. The summed E-state index contributed by atoms with van der Waals surface area (Å²) in [6.07, 6.45) is 3.40. The number of nitrogens with zero attached hydrogens (tertiary/aromatic N) is 2. The van der Waals surface area contributed by atoms with E-state index in [1.165, 1.54) is 11.3 Å². The van der Waals surface area contributed by atoms with Crippen molar-refractivity contribution in [3.63, 3.8) is 0 Å². The van der Waals surface area contributed by atoms with Crippen molar-refractivity contribution >= 4 is 34.5 Å². The predicted octanol–water partition coefficient (Wildman–Crippen LogP) is 5.26. The third kappa shape index (κ3) is 3.25. The molecule has 0 saturated carbocycles. The smallest absolute Gasteiger partial charge is 0.262 e. The van der Waals surface area contributed by atoms with Gasteiger partial charge in [0.25, 0.3) is 5.91 Å². The van der Waals surface area contributed by atoms with Crippen molar-refractivity contribution in [3.05, 3.63) is 75.9 Å². The molecule has 28 heavy (non-hydrogen) atoms. The lowest BCUT2D eigenvalue weighted by atomic mass is 10.1. The Labute approximate surface area is 171 Å². The van der Waals surface area contributed by atoms with Crippen molar-refractivity contribution in [2.75, 3.05) is 0 Å².